The summed E-state index contributed by atoms with van der Waals surface area (Å²) in [6.45, 7) is 15.8. The van der Waals surface area contributed by atoms with Crippen LogP contribution in [0, 0.1) is 12.3 Å². The van der Waals surface area contributed by atoms with Gasteiger partial charge in [-0.1, -0.05) is 12.0 Å². The first-order valence-corrected chi connectivity index (χ1v) is 13.9. The van der Waals surface area contributed by atoms with Crippen LogP contribution in [0.3, 0.4) is 0 Å². The molecule has 0 aliphatic rings. The molecule has 0 bridgehead atoms. The summed E-state index contributed by atoms with van der Waals surface area (Å²) in [6, 6.07) is 0. The Labute approximate surface area is 240 Å². The average molecular weight is 581 g/mol. The molecule has 0 fully saturated rings. The molecule has 236 valence electrons. The third-order valence-corrected chi connectivity index (χ3v) is 4.51. The first-order valence-electron chi connectivity index (χ1n) is 13.9. The fraction of sp³-hybridized carbons (Fsp3) is 0.857. The van der Waals surface area contributed by atoms with Crippen LogP contribution in [0.25, 0.3) is 0 Å². The molecule has 0 aromatic rings. The average Bonchev–Trinajstić information content (AvgIpc) is 2.97. The first kappa shape index (κ1) is 38.8. The largest absolute Gasteiger partial charge is 0.377 e. The molecule has 0 aromatic heterocycles. The van der Waals surface area contributed by atoms with Gasteiger partial charge in [-0.25, -0.2) is 0 Å². The Bertz CT molecular complexity index is 518. The van der Waals surface area contributed by atoms with Crippen LogP contribution in [0.15, 0.2) is 12.7 Å². The van der Waals surface area contributed by atoms with Crippen molar-refractivity contribution in [3.05, 3.63) is 12.7 Å². The third-order valence-electron chi connectivity index (χ3n) is 4.51. The minimum absolute atomic E-state index is 0.308. The van der Waals surface area contributed by atoms with Gasteiger partial charge in [0.25, 0.3) is 0 Å². The van der Waals surface area contributed by atoms with E-state index >= 15 is 0 Å². The zero-order chi connectivity index (χ0) is 28.9. The van der Waals surface area contributed by atoms with E-state index in [1.165, 1.54) is 0 Å². The van der Waals surface area contributed by atoms with E-state index in [4.69, 9.17) is 63.3 Å². The summed E-state index contributed by atoms with van der Waals surface area (Å²) in [5, 5.41) is 0. The van der Waals surface area contributed by atoms with Gasteiger partial charge in [0.1, 0.15) is 6.61 Å². The SMILES string of the molecule is C#CCOCCOCCOCCOCCOCCOCCOCCOCCOCCOCCOCCOCC=C. The minimum atomic E-state index is 0.308. The summed E-state index contributed by atoms with van der Waals surface area (Å²) in [4.78, 5) is 0. The van der Waals surface area contributed by atoms with Crippen molar-refractivity contribution in [2.75, 3.05) is 159 Å². The lowest BCUT2D eigenvalue weighted by atomic mass is 10.6. The highest BCUT2D eigenvalue weighted by molar-refractivity contribution is 4.82. The molecule has 0 radical (unpaired) electrons. The molecule has 0 saturated carbocycles. The lowest BCUT2D eigenvalue weighted by molar-refractivity contribution is -0.0279. The number of ether oxygens (including phenoxy) is 12. The highest BCUT2D eigenvalue weighted by atomic mass is 16.6. The summed E-state index contributed by atoms with van der Waals surface area (Å²) in [6.07, 6.45) is 6.78. The topological polar surface area (TPSA) is 111 Å². The summed E-state index contributed by atoms with van der Waals surface area (Å²) in [5.74, 6) is 2.40. The number of hydrogen-bond acceptors (Lipinski definition) is 12. The van der Waals surface area contributed by atoms with Gasteiger partial charge in [-0.3, -0.25) is 0 Å². The summed E-state index contributed by atoms with van der Waals surface area (Å²) >= 11 is 0. The molecule has 0 heterocycles. The third kappa shape index (κ3) is 36.8. The van der Waals surface area contributed by atoms with Crippen molar-refractivity contribution in [1.29, 1.82) is 0 Å². The quantitative estimate of drug-likeness (QED) is 0.0599. The molecule has 12 heteroatoms. The van der Waals surface area contributed by atoms with Gasteiger partial charge in [-0.15, -0.1) is 13.0 Å². The molecule has 0 aliphatic carbocycles. The smallest absolute Gasteiger partial charge is 0.107 e. The molecule has 0 unspecified atom stereocenters. The predicted molar refractivity (Wildman–Crippen MR) is 149 cm³/mol. The highest BCUT2D eigenvalue weighted by Gasteiger charge is 1.96. The van der Waals surface area contributed by atoms with Crippen molar-refractivity contribution >= 4 is 0 Å². The van der Waals surface area contributed by atoms with E-state index in [1.54, 1.807) is 6.08 Å². The van der Waals surface area contributed by atoms with E-state index in [0.29, 0.717) is 159 Å². The molecule has 0 atom stereocenters. The van der Waals surface area contributed by atoms with E-state index in [-0.39, 0.29) is 0 Å². The van der Waals surface area contributed by atoms with Crippen LogP contribution in [0.1, 0.15) is 0 Å². The van der Waals surface area contributed by atoms with Crippen molar-refractivity contribution in [2.45, 2.75) is 0 Å². The highest BCUT2D eigenvalue weighted by Crippen LogP contribution is 1.87. The molecular weight excluding hydrogens is 528 g/mol. The summed E-state index contributed by atoms with van der Waals surface area (Å²) < 4.78 is 64.5. The fourth-order valence-electron chi connectivity index (χ4n) is 2.61. The Morgan fingerprint density at radius 2 is 0.550 bits per heavy atom. The molecule has 0 amide bonds. The van der Waals surface area contributed by atoms with E-state index < -0.39 is 0 Å². The Hall–Kier alpha value is -1.18. The number of rotatable bonds is 36. The molecule has 40 heavy (non-hydrogen) atoms. The summed E-state index contributed by atoms with van der Waals surface area (Å²) in [5.41, 5.74) is 0. The van der Waals surface area contributed by atoms with Gasteiger partial charge in [0.2, 0.25) is 0 Å². The second-order valence-corrected chi connectivity index (χ2v) is 7.74. The van der Waals surface area contributed by atoms with Crippen LogP contribution >= 0.6 is 0 Å². The first-order chi connectivity index (χ1) is 19.9. The van der Waals surface area contributed by atoms with Gasteiger partial charge in [0.05, 0.1) is 152 Å². The van der Waals surface area contributed by atoms with Gasteiger partial charge >= 0.3 is 0 Å². The Kier molecular flexibility index (Phi) is 36.7. The Morgan fingerprint density at radius 3 is 0.750 bits per heavy atom. The minimum Gasteiger partial charge on any atom is -0.377 e. The Balaban J connectivity index is 3.02. The molecule has 0 spiro atoms. The van der Waals surface area contributed by atoms with Crippen molar-refractivity contribution in [2.24, 2.45) is 0 Å². The van der Waals surface area contributed by atoms with Gasteiger partial charge in [0.15, 0.2) is 0 Å². The number of hydrogen-bond donors (Lipinski definition) is 0. The zero-order valence-electron chi connectivity index (χ0n) is 24.2. The van der Waals surface area contributed by atoms with Gasteiger partial charge in [-0.05, 0) is 0 Å². The van der Waals surface area contributed by atoms with Crippen molar-refractivity contribution in [3.63, 3.8) is 0 Å². The Morgan fingerprint density at radius 1 is 0.350 bits per heavy atom. The van der Waals surface area contributed by atoms with E-state index in [0.717, 1.165) is 0 Å². The molecule has 12 nitrogen and oxygen atoms in total. The predicted octanol–water partition coefficient (Wildman–Crippen LogP) is 1.00. The van der Waals surface area contributed by atoms with Crippen molar-refractivity contribution < 1.29 is 56.8 Å². The van der Waals surface area contributed by atoms with Crippen LogP contribution in [0.5, 0.6) is 0 Å². The molecule has 0 aromatic carbocycles. The molecule has 0 saturated heterocycles. The second-order valence-electron chi connectivity index (χ2n) is 7.74. The van der Waals surface area contributed by atoms with E-state index in [1.807, 2.05) is 0 Å². The van der Waals surface area contributed by atoms with Crippen LogP contribution in [0.2, 0.25) is 0 Å². The van der Waals surface area contributed by atoms with Crippen molar-refractivity contribution in [1.82, 2.24) is 0 Å². The maximum Gasteiger partial charge on any atom is 0.107 e. The second kappa shape index (κ2) is 37.8. The van der Waals surface area contributed by atoms with Crippen LogP contribution < -0.4 is 0 Å². The molecular formula is C28H52O12. The van der Waals surface area contributed by atoms with Gasteiger partial charge in [0, 0.05) is 0 Å². The molecule has 0 rings (SSSR count). The monoisotopic (exact) mass is 580 g/mol. The van der Waals surface area contributed by atoms with Crippen LogP contribution in [0.4, 0.5) is 0 Å². The van der Waals surface area contributed by atoms with Crippen LogP contribution in [-0.2, 0) is 56.8 Å². The maximum atomic E-state index is 5.46. The van der Waals surface area contributed by atoms with E-state index in [9.17, 15) is 0 Å². The van der Waals surface area contributed by atoms with Crippen molar-refractivity contribution in [3.8, 4) is 12.3 Å². The number of terminal acetylenes is 1. The lowest BCUT2D eigenvalue weighted by Crippen LogP contribution is -2.15. The molecule has 0 N–H and O–H groups in total. The summed E-state index contributed by atoms with van der Waals surface area (Å²) in [7, 11) is 0. The maximum absolute atomic E-state index is 5.46. The lowest BCUT2D eigenvalue weighted by Gasteiger charge is -2.09. The van der Waals surface area contributed by atoms with E-state index in [2.05, 4.69) is 12.5 Å². The molecule has 0 aliphatic heterocycles. The van der Waals surface area contributed by atoms with Gasteiger partial charge in [-0.2, -0.15) is 0 Å². The van der Waals surface area contributed by atoms with Gasteiger partial charge < -0.3 is 56.8 Å². The normalized spacial score (nSPS) is 11.2. The van der Waals surface area contributed by atoms with Crippen LogP contribution in [-0.4, -0.2) is 159 Å². The fourth-order valence-corrected chi connectivity index (χ4v) is 2.61. The zero-order valence-corrected chi connectivity index (χ0v) is 24.2. The standard InChI is InChI=1S/C28H52O12/c1-3-5-29-7-9-31-11-13-33-15-17-35-19-21-37-23-25-39-27-28-40-26-24-38-22-20-36-18-16-34-14-12-32-10-8-30-6-4-2/h1,4H,2,5-28H2.